The molecule has 2 aromatic carbocycles. The summed E-state index contributed by atoms with van der Waals surface area (Å²) in [6.45, 7) is 5.12. The average Bonchev–Trinajstić information content (AvgIpc) is 2.54. The summed E-state index contributed by atoms with van der Waals surface area (Å²) in [4.78, 5) is 23.6. The first-order chi connectivity index (χ1) is 11.6. The third kappa shape index (κ3) is 4.45. The Morgan fingerprint density at radius 3 is 2.40 bits per heavy atom. The third-order valence-corrected chi connectivity index (χ3v) is 5.27. The highest BCUT2D eigenvalue weighted by Gasteiger charge is 2.20. The van der Waals surface area contributed by atoms with Gasteiger partial charge < -0.3 is 19.9 Å². The molecule has 0 atom stereocenters. The number of nitrogens with one attached hydrogen (secondary N) is 1. The van der Waals surface area contributed by atoms with Gasteiger partial charge in [-0.25, -0.2) is 0 Å². The fourth-order valence-corrected chi connectivity index (χ4v) is 3.67. The standard InChI is InChI=1S/C17H19BNO5P/c1-11-4-7-15(16(8-11)25(2,3)24)19-17(21)12-5-6-14(18(22)23)13(9-12)10-20/h4-10,22-23H,1-3H3,(H,19,21). The van der Waals surface area contributed by atoms with Crippen molar-refractivity contribution in [1.29, 1.82) is 0 Å². The topological polar surface area (TPSA) is 104 Å². The molecular formula is C17H19BNO5P. The summed E-state index contributed by atoms with van der Waals surface area (Å²) >= 11 is 0. The lowest BCUT2D eigenvalue weighted by Crippen LogP contribution is -2.33. The molecule has 0 saturated carbocycles. The molecule has 0 aliphatic carbocycles. The molecule has 2 aromatic rings. The Morgan fingerprint density at radius 2 is 1.84 bits per heavy atom. The van der Waals surface area contributed by atoms with Crippen molar-refractivity contribution in [3.05, 3.63) is 53.1 Å². The summed E-state index contributed by atoms with van der Waals surface area (Å²) in [7, 11) is -4.40. The lowest BCUT2D eigenvalue weighted by molar-refractivity contribution is 0.102. The Morgan fingerprint density at radius 1 is 1.16 bits per heavy atom. The Balaban J connectivity index is 2.38. The molecule has 130 valence electrons. The van der Waals surface area contributed by atoms with E-state index < -0.39 is 20.2 Å². The van der Waals surface area contributed by atoms with E-state index in [1.165, 1.54) is 18.2 Å². The van der Waals surface area contributed by atoms with Gasteiger partial charge in [-0.3, -0.25) is 9.59 Å². The minimum Gasteiger partial charge on any atom is -0.423 e. The van der Waals surface area contributed by atoms with Gasteiger partial charge >= 0.3 is 7.12 Å². The number of benzene rings is 2. The van der Waals surface area contributed by atoms with E-state index in [1.807, 2.05) is 6.92 Å². The number of anilines is 1. The molecule has 0 aliphatic heterocycles. The highest BCUT2D eigenvalue weighted by molar-refractivity contribution is 7.70. The average molecular weight is 359 g/mol. The summed E-state index contributed by atoms with van der Waals surface area (Å²) in [5.41, 5.74) is 1.60. The van der Waals surface area contributed by atoms with Crippen molar-refractivity contribution in [2.24, 2.45) is 0 Å². The molecule has 6 nitrogen and oxygen atoms in total. The van der Waals surface area contributed by atoms with Crippen LogP contribution in [0.5, 0.6) is 0 Å². The fraction of sp³-hybridized carbons (Fsp3) is 0.176. The maximum atomic E-state index is 12.5. The normalized spacial score (nSPS) is 11.1. The van der Waals surface area contributed by atoms with Gasteiger partial charge in [0, 0.05) is 16.4 Å². The summed E-state index contributed by atoms with van der Waals surface area (Å²) in [5, 5.41) is 21.7. The van der Waals surface area contributed by atoms with Crippen molar-refractivity contribution >= 4 is 42.9 Å². The van der Waals surface area contributed by atoms with Crippen LogP contribution in [-0.4, -0.2) is 42.7 Å². The van der Waals surface area contributed by atoms with E-state index >= 15 is 0 Å². The predicted molar refractivity (Wildman–Crippen MR) is 99.9 cm³/mol. The Hall–Kier alpha value is -2.21. The molecule has 0 spiro atoms. The zero-order valence-electron chi connectivity index (χ0n) is 14.2. The molecule has 2 rings (SSSR count). The third-order valence-electron chi connectivity index (χ3n) is 3.74. The Bertz CT molecular complexity index is 875. The van der Waals surface area contributed by atoms with Gasteiger partial charge in [-0.15, -0.1) is 0 Å². The maximum absolute atomic E-state index is 12.5. The van der Waals surface area contributed by atoms with Crippen molar-refractivity contribution in [2.75, 3.05) is 18.6 Å². The van der Waals surface area contributed by atoms with E-state index in [2.05, 4.69) is 5.32 Å². The van der Waals surface area contributed by atoms with E-state index in [1.54, 1.807) is 31.5 Å². The van der Waals surface area contributed by atoms with E-state index in [0.29, 0.717) is 17.3 Å². The highest BCUT2D eigenvalue weighted by Crippen LogP contribution is 2.38. The van der Waals surface area contributed by atoms with Crippen LogP contribution in [0.3, 0.4) is 0 Å². The van der Waals surface area contributed by atoms with Crippen molar-refractivity contribution in [1.82, 2.24) is 0 Å². The van der Waals surface area contributed by atoms with Gasteiger partial charge in [0.15, 0.2) is 0 Å². The second kappa shape index (κ2) is 7.36. The largest absolute Gasteiger partial charge is 0.489 e. The molecule has 0 saturated heterocycles. The van der Waals surface area contributed by atoms with Crippen LogP contribution in [0.4, 0.5) is 5.69 Å². The van der Waals surface area contributed by atoms with Gasteiger partial charge in [-0.1, -0.05) is 17.7 Å². The molecule has 0 aromatic heterocycles. The van der Waals surface area contributed by atoms with Gasteiger partial charge in [0.25, 0.3) is 5.91 Å². The zero-order valence-corrected chi connectivity index (χ0v) is 15.1. The van der Waals surface area contributed by atoms with Crippen LogP contribution < -0.4 is 16.1 Å². The van der Waals surface area contributed by atoms with Crippen LogP contribution in [0, 0.1) is 6.92 Å². The fourth-order valence-electron chi connectivity index (χ4n) is 2.44. The van der Waals surface area contributed by atoms with Crippen molar-refractivity contribution in [3.8, 4) is 0 Å². The first-order valence-corrected chi connectivity index (χ1v) is 10.2. The monoisotopic (exact) mass is 359 g/mol. The molecule has 8 heteroatoms. The second-order valence-electron chi connectivity index (χ2n) is 6.16. The summed E-state index contributed by atoms with van der Waals surface area (Å²) in [5.74, 6) is -0.486. The van der Waals surface area contributed by atoms with E-state index in [0.717, 1.165) is 5.56 Å². The number of amides is 1. The Labute approximate surface area is 146 Å². The van der Waals surface area contributed by atoms with Crippen LogP contribution in [0.1, 0.15) is 26.3 Å². The quantitative estimate of drug-likeness (QED) is 0.420. The molecular weight excluding hydrogens is 340 g/mol. The minimum absolute atomic E-state index is 0.0171. The number of carbonyl (C=O) groups excluding carboxylic acids is 2. The molecule has 0 fully saturated rings. The summed E-state index contributed by atoms with van der Waals surface area (Å²) in [6, 6.07) is 9.25. The molecule has 0 aliphatic rings. The lowest BCUT2D eigenvalue weighted by Gasteiger charge is -2.15. The van der Waals surface area contributed by atoms with Gasteiger partial charge in [0.1, 0.15) is 13.4 Å². The van der Waals surface area contributed by atoms with Crippen LogP contribution in [0.2, 0.25) is 0 Å². The van der Waals surface area contributed by atoms with E-state index in [4.69, 9.17) is 0 Å². The van der Waals surface area contributed by atoms with Crippen LogP contribution in [-0.2, 0) is 4.57 Å². The van der Waals surface area contributed by atoms with Crippen molar-refractivity contribution in [3.63, 3.8) is 0 Å². The van der Waals surface area contributed by atoms with Crippen LogP contribution in [0.15, 0.2) is 36.4 Å². The van der Waals surface area contributed by atoms with E-state index in [-0.39, 0.29) is 16.6 Å². The maximum Gasteiger partial charge on any atom is 0.489 e. The van der Waals surface area contributed by atoms with Crippen molar-refractivity contribution < 1.29 is 24.2 Å². The SMILES string of the molecule is Cc1ccc(NC(=O)c2ccc(B(O)O)c(C=O)c2)c(P(C)(C)=O)c1. The zero-order chi connectivity index (χ0) is 18.8. The summed E-state index contributed by atoms with van der Waals surface area (Å²) < 4.78 is 12.5. The first kappa shape index (κ1) is 19.1. The Kier molecular flexibility index (Phi) is 5.63. The molecule has 0 heterocycles. The van der Waals surface area contributed by atoms with Gasteiger partial charge in [0.2, 0.25) is 0 Å². The molecule has 0 unspecified atom stereocenters. The molecule has 1 amide bonds. The lowest BCUT2D eigenvalue weighted by atomic mass is 9.77. The number of aldehydes is 1. The minimum atomic E-state index is -2.60. The predicted octanol–water partition coefficient (Wildman–Crippen LogP) is 0.988. The van der Waals surface area contributed by atoms with Gasteiger partial charge in [-0.2, -0.15) is 0 Å². The number of carbonyl (C=O) groups is 2. The van der Waals surface area contributed by atoms with Crippen molar-refractivity contribution in [2.45, 2.75) is 6.92 Å². The second-order valence-corrected chi connectivity index (χ2v) is 9.34. The van der Waals surface area contributed by atoms with Gasteiger partial charge in [-0.05, 0) is 50.0 Å². The highest BCUT2D eigenvalue weighted by atomic mass is 31.2. The number of hydrogen-bond donors (Lipinski definition) is 3. The summed E-state index contributed by atoms with van der Waals surface area (Å²) in [6.07, 6.45) is 0.454. The van der Waals surface area contributed by atoms with Crippen LogP contribution in [0.25, 0.3) is 0 Å². The smallest absolute Gasteiger partial charge is 0.423 e. The van der Waals surface area contributed by atoms with Crippen LogP contribution >= 0.6 is 7.14 Å². The first-order valence-electron chi connectivity index (χ1n) is 7.56. The molecule has 25 heavy (non-hydrogen) atoms. The van der Waals surface area contributed by atoms with E-state index in [9.17, 15) is 24.2 Å². The number of rotatable bonds is 5. The molecule has 0 radical (unpaired) electrons. The number of hydrogen-bond acceptors (Lipinski definition) is 5. The molecule has 0 bridgehead atoms. The molecule has 3 N–H and O–H groups in total. The number of aryl methyl sites for hydroxylation is 1. The van der Waals surface area contributed by atoms with Gasteiger partial charge in [0.05, 0.1) is 5.69 Å².